The molecule has 36 nitrogen and oxygen atoms in total. The van der Waals surface area contributed by atoms with Crippen LogP contribution in [0.4, 0.5) is 0 Å². The van der Waals surface area contributed by atoms with Gasteiger partial charge in [-0.05, 0) is 130 Å². The topological polar surface area (TPSA) is 524 Å². The Morgan fingerprint density at radius 1 is 0.458 bits per heavy atom. The van der Waals surface area contributed by atoms with Crippen LogP contribution in [0.15, 0.2) is 48.2 Å². The molecule has 0 spiro atoms. The molecule has 656 valence electrons. The number of ether oxygens (including phenoxy) is 14. The zero-order chi connectivity index (χ0) is 87.4. The van der Waals surface area contributed by atoms with E-state index >= 15 is 0 Å². The summed E-state index contributed by atoms with van der Waals surface area (Å²) in [5, 5.41) is 133. The number of aliphatic hydroxyl groups is 6. The van der Waals surface area contributed by atoms with Crippen molar-refractivity contribution in [3.8, 4) is 34.5 Å². The predicted octanol–water partition coefficient (Wildman–Crippen LogP) is 3.55. The molecule has 0 unspecified atom stereocenters. The van der Waals surface area contributed by atoms with Crippen LogP contribution >= 0.6 is 0 Å². The SMILES string of the molecule is CC[C@@]1(O)C[C@H](O[C@H]2C[C@H](N(C)C)[C@H](O[C@H]3C[C@H](O)[C@H](O[C@@H]4O[C@@H](C)C(=O)C=C4N)[C@@H](C)O3)[C@@H](C)O2)c2c(cc3c(c2O)C(=O)c2c(O)ccc(O)c2C3=O)[C@H]1C(=O)OC.CC[C@@]1(O)C[C@H](O[C@H]2C[C@H](N(C)C)[C@H](O[C@H]3C[C@H](O)[C@H](O[C@H]4C[C@H](O)[C@H](O)[C@H](C)O4)[C@H](C)O3)[C@H](C)O2)c2c(cc3c(c2O)C(=O)c2c(O)ccc(O)c2C3=O)[C@H]1C(=O)OC. The molecule has 0 radical (unpaired) electrons. The quantitative estimate of drug-likeness (QED) is 0.0432. The Labute approximate surface area is 690 Å². The maximum atomic E-state index is 14.0. The molecule has 4 aliphatic carbocycles. The first-order valence-electron chi connectivity index (χ1n) is 40.2. The molecule has 36 heteroatoms. The lowest BCUT2D eigenvalue weighted by molar-refractivity contribution is -0.332. The third-order valence-electron chi connectivity index (χ3n) is 25.2. The lowest BCUT2D eigenvalue weighted by atomic mass is 9.67. The van der Waals surface area contributed by atoms with Gasteiger partial charge in [0.1, 0.15) is 83.0 Å². The Kier molecular flexibility index (Phi) is 25.9. The number of nitrogens with zero attached hydrogens (tertiary/aromatic N) is 2. The van der Waals surface area contributed by atoms with E-state index in [9.17, 15) is 94.8 Å². The number of carbonyl (C=O) groups excluding carboxylic acids is 7. The number of methoxy groups -OCH3 is 2. The summed E-state index contributed by atoms with van der Waals surface area (Å²) in [6.07, 6.45) is -18.1. The molecule has 5 saturated heterocycles. The van der Waals surface area contributed by atoms with Gasteiger partial charge in [0.2, 0.25) is 11.6 Å². The van der Waals surface area contributed by atoms with Crippen LogP contribution < -0.4 is 5.73 Å². The number of phenolic OH excluding ortho intramolecular Hbond substituents is 6. The minimum Gasteiger partial charge on any atom is -0.507 e. The number of hydrogen-bond donors (Lipinski definition) is 13. The van der Waals surface area contributed by atoms with E-state index < -0.39 is 261 Å². The van der Waals surface area contributed by atoms with Gasteiger partial charge in [-0.15, -0.1) is 0 Å². The average Bonchev–Trinajstić information content (AvgIpc) is 0.711. The molecule has 0 amide bonds. The van der Waals surface area contributed by atoms with Gasteiger partial charge in [0.25, 0.3) is 0 Å². The number of fused-ring (bicyclic) bond motifs is 6. The Bertz CT molecular complexity index is 4630. The van der Waals surface area contributed by atoms with Crippen molar-refractivity contribution in [3.05, 3.63) is 115 Å². The molecule has 28 atom stereocenters. The standard InChI is InChI=1S/C42H52N2O16.C42H55NO17/c1-8-42(53)15-27(30-19(34(42)40(52)54-7)11-20-31(36(30)50)37(51)33-24(46)10-9-23(45)32(33)35(20)49)58-28-13-22(44(5)6)38(17(3)55-28)59-29-14-26(48)39(18(4)56-29)60-41-21(43)12-25(47)16(2)57-41;1-8-42(53)15-26(30-19(34(42)41(52)54-7)11-20-31(37(30)50)38(51)33-23(45)10-9-22(44)32(33)36(20)49)58-27-12-21(43(5)6)39(17(3)56-27)59-29-14-25(47)40(18(4)57-29)60-28-13-24(46)35(48)16(2)55-28/h9-12,16-18,22,26-29,34,38-39,41,45-46,48,50,53H,8,13-15,43H2,1-7H3;9-11,16-18,21,24-29,34-35,39-40,44-48,50,53H,8,12-15H2,1-7H3/t16-,17+,18+,22-,26-,27-,28-,29-,34-,38+,39+,41-,42+;16-,17-,18-,21-,24-,25-,26-,27-,28-,29-,34-,35+,39+,40+,42+/m00/s1. The van der Waals surface area contributed by atoms with Crippen molar-refractivity contribution < 1.29 is 161 Å². The maximum Gasteiger partial charge on any atom is 0.316 e. The fourth-order valence-corrected chi connectivity index (χ4v) is 18.7. The van der Waals surface area contributed by atoms with Crippen molar-refractivity contribution in [2.24, 2.45) is 5.73 Å². The molecule has 4 aromatic rings. The number of benzene rings is 4. The van der Waals surface area contributed by atoms with Gasteiger partial charge in [-0.2, -0.15) is 0 Å². The van der Waals surface area contributed by atoms with Gasteiger partial charge in [-0.25, -0.2) is 0 Å². The number of nitrogens with two attached hydrogens (primary N) is 1. The van der Waals surface area contributed by atoms with Crippen molar-refractivity contribution in [1.82, 2.24) is 9.80 Å². The molecule has 0 saturated carbocycles. The molecule has 6 heterocycles. The largest absolute Gasteiger partial charge is 0.507 e. The third kappa shape index (κ3) is 16.3. The number of carbonyl (C=O) groups is 7. The summed E-state index contributed by atoms with van der Waals surface area (Å²) in [6, 6.07) is 5.94. The van der Waals surface area contributed by atoms with Crippen LogP contribution in [-0.2, 0) is 80.7 Å². The smallest absolute Gasteiger partial charge is 0.316 e. The second kappa shape index (κ2) is 34.8. The summed E-state index contributed by atoms with van der Waals surface area (Å²) in [5.74, 6) is -12.2. The fourth-order valence-electron chi connectivity index (χ4n) is 18.7. The second-order valence-electron chi connectivity index (χ2n) is 33.2. The van der Waals surface area contributed by atoms with Gasteiger partial charge in [0.15, 0.2) is 55.1 Å². The van der Waals surface area contributed by atoms with Gasteiger partial charge in [0.05, 0.1) is 126 Å². The van der Waals surface area contributed by atoms with E-state index in [0.717, 1.165) is 38.5 Å². The molecular weight excluding hydrogens is 1580 g/mol. The first-order valence-corrected chi connectivity index (χ1v) is 40.2. The number of hydrogen-bond acceptors (Lipinski definition) is 36. The van der Waals surface area contributed by atoms with Gasteiger partial charge in [-0.1, -0.05) is 13.8 Å². The minimum atomic E-state index is -1.82. The summed E-state index contributed by atoms with van der Waals surface area (Å²) >= 11 is 0. The normalized spacial score (nSPS) is 36.6. The number of aromatic hydroxyl groups is 6. The van der Waals surface area contributed by atoms with Crippen LogP contribution in [0.25, 0.3) is 0 Å². The summed E-state index contributed by atoms with van der Waals surface area (Å²) in [4.78, 5) is 98.4. The molecule has 4 aromatic carbocycles. The summed E-state index contributed by atoms with van der Waals surface area (Å²) in [7, 11) is 9.64. The Morgan fingerprint density at radius 2 is 0.792 bits per heavy atom. The highest BCUT2D eigenvalue weighted by atomic mass is 16.8. The molecule has 5 fully saturated rings. The first-order chi connectivity index (χ1) is 56.6. The minimum absolute atomic E-state index is 0.0140. The number of ketones is 5. The molecule has 0 aromatic heterocycles. The summed E-state index contributed by atoms with van der Waals surface area (Å²) < 4.78 is 84.8. The number of likely N-dealkylation sites (N-methyl/N-ethyl adjacent to an activating group) is 2. The second-order valence-corrected chi connectivity index (χ2v) is 33.2. The number of phenols is 6. The van der Waals surface area contributed by atoms with Crippen LogP contribution in [0.3, 0.4) is 0 Å². The molecule has 14 rings (SSSR count). The van der Waals surface area contributed by atoms with Crippen LogP contribution in [0.1, 0.15) is 223 Å². The number of esters is 2. The maximum absolute atomic E-state index is 14.0. The Balaban J connectivity index is 0.000000207. The lowest BCUT2D eigenvalue weighted by Crippen LogP contribution is -2.58. The summed E-state index contributed by atoms with van der Waals surface area (Å²) in [5.41, 5.74) is -1.21. The highest BCUT2D eigenvalue weighted by molar-refractivity contribution is 6.32. The van der Waals surface area contributed by atoms with E-state index in [-0.39, 0.29) is 115 Å². The van der Waals surface area contributed by atoms with Crippen LogP contribution in [0.5, 0.6) is 34.5 Å². The monoisotopic (exact) mass is 1690 g/mol. The molecule has 0 bridgehead atoms. The van der Waals surface area contributed by atoms with E-state index in [4.69, 9.17) is 72.0 Å². The van der Waals surface area contributed by atoms with E-state index in [1.807, 2.05) is 38.0 Å². The first kappa shape index (κ1) is 89.5. The van der Waals surface area contributed by atoms with E-state index in [1.54, 1.807) is 55.4 Å². The van der Waals surface area contributed by atoms with Crippen molar-refractivity contribution in [2.45, 2.75) is 284 Å². The van der Waals surface area contributed by atoms with Crippen molar-refractivity contribution in [2.75, 3.05) is 42.4 Å². The Morgan fingerprint density at radius 3 is 1.14 bits per heavy atom. The fraction of sp³-hybridized carbons (Fsp3) is 0.607. The van der Waals surface area contributed by atoms with Crippen molar-refractivity contribution in [1.29, 1.82) is 0 Å². The molecular formula is C84H107N3O33. The van der Waals surface area contributed by atoms with Crippen molar-refractivity contribution in [3.63, 3.8) is 0 Å². The van der Waals surface area contributed by atoms with Crippen LogP contribution in [-0.4, -0.2) is 301 Å². The molecule has 120 heavy (non-hydrogen) atoms. The summed E-state index contributed by atoms with van der Waals surface area (Å²) in [6.45, 7) is 13.5. The van der Waals surface area contributed by atoms with Gasteiger partial charge in [-0.3, -0.25) is 33.6 Å². The lowest BCUT2D eigenvalue weighted by Gasteiger charge is -2.48. The molecule has 14 N–H and O–H groups in total. The highest BCUT2D eigenvalue weighted by Crippen LogP contribution is 2.57. The zero-order valence-corrected chi connectivity index (χ0v) is 68.8. The third-order valence-corrected chi connectivity index (χ3v) is 25.2. The van der Waals surface area contributed by atoms with E-state index in [0.29, 0.717) is 0 Å². The zero-order valence-electron chi connectivity index (χ0n) is 68.8. The van der Waals surface area contributed by atoms with Crippen molar-refractivity contribution >= 4 is 40.9 Å². The van der Waals surface area contributed by atoms with E-state index in [1.165, 1.54) is 18.2 Å². The molecule has 10 aliphatic rings. The van der Waals surface area contributed by atoms with Gasteiger partial charge < -0.3 is 143 Å². The van der Waals surface area contributed by atoms with Crippen LogP contribution in [0, 0.1) is 0 Å². The van der Waals surface area contributed by atoms with Gasteiger partial charge >= 0.3 is 11.9 Å². The predicted molar refractivity (Wildman–Crippen MR) is 411 cm³/mol. The highest BCUT2D eigenvalue weighted by Gasteiger charge is 2.58. The average molecular weight is 1690 g/mol. The molecule has 6 aliphatic heterocycles. The Hall–Kier alpha value is -8.29. The van der Waals surface area contributed by atoms with E-state index in [2.05, 4.69) is 0 Å². The van der Waals surface area contributed by atoms with Gasteiger partial charge in [0, 0.05) is 85.4 Å². The number of aliphatic hydroxyl groups excluding tert-OH is 4. The van der Waals surface area contributed by atoms with Crippen LogP contribution in [0.2, 0.25) is 0 Å². The number of rotatable bonds is 18.